The summed E-state index contributed by atoms with van der Waals surface area (Å²) >= 11 is 0. The zero-order valence-corrected chi connectivity index (χ0v) is 17.1. The van der Waals surface area contributed by atoms with Crippen LogP contribution in [0.3, 0.4) is 0 Å². The number of hydrogen-bond acceptors (Lipinski definition) is 5. The number of rotatable bonds is 8. The summed E-state index contributed by atoms with van der Waals surface area (Å²) in [5, 5.41) is 6.96. The van der Waals surface area contributed by atoms with Gasteiger partial charge in [-0.2, -0.15) is 5.10 Å². The summed E-state index contributed by atoms with van der Waals surface area (Å²) in [6.45, 7) is 6.64. The molecule has 0 spiro atoms. The number of nitrogens with zero attached hydrogens (tertiary/aromatic N) is 4. The largest absolute Gasteiger partial charge is 0.379 e. The van der Waals surface area contributed by atoms with E-state index < -0.39 is 6.04 Å². The first kappa shape index (κ1) is 21.0. The fourth-order valence-electron chi connectivity index (χ4n) is 3.27. The Morgan fingerprint density at radius 1 is 1.21 bits per heavy atom. The fourth-order valence-corrected chi connectivity index (χ4v) is 3.27. The van der Waals surface area contributed by atoms with E-state index in [-0.39, 0.29) is 18.4 Å². The third-order valence-electron chi connectivity index (χ3n) is 5.06. The number of likely N-dealkylation sites (N-methyl/N-ethyl adjacent to an activating group) is 1. The molecule has 156 valence electrons. The minimum atomic E-state index is -0.443. The molecule has 0 aliphatic carbocycles. The van der Waals surface area contributed by atoms with Crippen LogP contribution in [0.25, 0.3) is 0 Å². The molecule has 1 aliphatic rings. The van der Waals surface area contributed by atoms with Crippen molar-refractivity contribution in [3.05, 3.63) is 53.9 Å². The van der Waals surface area contributed by atoms with Crippen molar-refractivity contribution in [3.8, 4) is 0 Å². The number of carbonyl (C=O) groups excluding carboxylic acids is 2. The van der Waals surface area contributed by atoms with Crippen molar-refractivity contribution >= 4 is 11.8 Å². The monoisotopic (exact) mass is 399 g/mol. The van der Waals surface area contributed by atoms with Gasteiger partial charge in [-0.05, 0) is 24.1 Å². The molecule has 0 bridgehead atoms. The quantitative estimate of drug-likeness (QED) is 0.718. The van der Waals surface area contributed by atoms with Crippen molar-refractivity contribution in [2.75, 3.05) is 39.9 Å². The van der Waals surface area contributed by atoms with E-state index in [0.29, 0.717) is 6.54 Å². The van der Waals surface area contributed by atoms with Gasteiger partial charge in [0.25, 0.3) is 0 Å². The first-order chi connectivity index (χ1) is 14.0. The summed E-state index contributed by atoms with van der Waals surface area (Å²) in [4.78, 5) is 28.4. The van der Waals surface area contributed by atoms with E-state index in [0.717, 1.165) is 38.4 Å². The molecule has 0 radical (unpaired) electrons. The van der Waals surface area contributed by atoms with Crippen LogP contribution in [-0.2, 0) is 27.4 Å². The molecular formula is C21H29N5O3. The van der Waals surface area contributed by atoms with E-state index in [9.17, 15) is 9.59 Å². The molecule has 29 heavy (non-hydrogen) atoms. The average Bonchev–Trinajstić information content (AvgIpc) is 3.28. The summed E-state index contributed by atoms with van der Waals surface area (Å²) < 4.78 is 6.95. The topological polar surface area (TPSA) is 79.7 Å². The van der Waals surface area contributed by atoms with Crippen molar-refractivity contribution < 1.29 is 14.3 Å². The van der Waals surface area contributed by atoms with E-state index in [2.05, 4.69) is 27.4 Å². The Morgan fingerprint density at radius 2 is 1.90 bits per heavy atom. The highest BCUT2D eigenvalue weighted by molar-refractivity contribution is 5.86. The highest BCUT2D eigenvalue weighted by atomic mass is 16.5. The summed E-state index contributed by atoms with van der Waals surface area (Å²) in [7, 11) is 1.63. The Morgan fingerprint density at radius 3 is 2.55 bits per heavy atom. The maximum Gasteiger partial charge on any atom is 0.247 e. The minimum Gasteiger partial charge on any atom is -0.379 e. The Kier molecular flexibility index (Phi) is 7.37. The number of benzene rings is 1. The molecule has 1 unspecified atom stereocenters. The molecule has 8 heteroatoms. The molecule has 2 heterocycles. The van der Waals surface area contributed by atoms with Crippen molar-refractivity contribution in [2.45, 2.75) is 26.1 Å². The Hall–Kier alpha value is -2.71. The molecule has 8 nitrogen and oxygen atoms in total. The van der Waals surface area contributed by atoms with Gasteiger partial charge in [0.1, 0.15) is 6.04 Å². The Labute approximate surface area is 171 Å². The van der Waals surface area contributed by atoms with Gasteiger partial charge in [0.05, 0.1) is 19.8 Å². The lowest BCUT2D eigenvalue weighted by molar-refractivity contribution is -0.137. The molecule has 1 fully saturated rings. The van der Waals surface area contributed by atoms with Crippen LogP contribution in [0.15, 0.2) is 42.7 Å². The zero-order chi connectivity index (χ0) is 20.6. The number of aromatic nitrogens is 2. The van der Waals surface area contributed by atoms with E-state index in [4.69, 9.17) is 4.74 Å². The van der Waals surface area contributed by atoms with Crippen LogP contribution in [0.5, 0.6) is 0 Å². The highest BCUT2D eigenvalue weighted by Crippen LogP contribution is 2.10. The lowest BCUT2D eigenvalue weighted by Crippen LogP contribution is -2.40. The number of hydrogen-bond donors (Lipinski definition) is 1. The van der Waals surface area contributed by atoms with Crippen LogP contribution in [0.1, 0.15) is 24.1 Å². The molecule has 3 rings (SSSR count). The minimum absolute atomic E-state index is 0.0134. The van der Waals surface area contributed by atoms with Crippen molar-refractivity contribution in [2.24, 2.45) is 0 Å². The molecule has 1 aromatic carbocycles. The Bertz CT molecular complexity index is 785. The second-order valence-corrected chi connectivity index (χ2v) is 7.34. The summed E-state index contributed by atoms with van der Waals surface area (Å²) in [5.74, 6) is -0.345. The normalized spacial score (nSPS) is 15.7. The van der Waals surface area contributed by atoms with Crippen LogP contribution in [0.2, 0.25) is 0 Å². The molecule has 1 saturated heterocycles. The molecule has 2 amide bonds. The third kappa shape index (κ3) is 6.13. The summed E-state index contributed by atoms with van der Waals surface area (Å²) in [6, 6.07) is 9.58. The van der Waals surface area contributed by atoms with Crippen LogP contribution in [0.4, 0.5) is 0 Å². The van der Waals surface area contributed by atoms with E-state index in [1.54, 1.807) is 37.1 Å². The van der Waals surface area contributed by atoms with E-state index in [1.807, 2.05) is 12.1 Å². The molecule has 1 aliphatic heterocycles. The van der Waals surface area contributed by atoms with Gasteiger partial charge in [0, 0.05) is 45.6 Å². The van der Waals surface area contributed by atoms with Crippen LogP contribution >= 0.6 is 0 Å². The second-order valence-electron chi connectivity index (χ2n) is 7.34. The lowest BCUT2D eigenvalue weighted by Gasteiger charge is -2.26. The van der Waals surface area contributed by atoms with Crippen molar-refractivity contribution in [1.29, 1.82) is 0 Å². The van der Waals surface area contributed by atoms with E-state index in [1.165, 1.54) is 10.5 Å². The Balaban J connectivity index is 1.42. The van der Waals surface area contributed by atoms with Crippen molar-refractivity contribution in [1.82, 2.24) is 24.9 Å². The van der Waals surface area contributed by atoms with Gasteiger partial charge in [-0.25, -0.2) is 0 Å². The van der Waals surface area contributed by atoms with Gasteiger partial charge in [-0.1, -0.05) is 24.3 Å². The van der Waals surface area contributed by atoms with Gasteiger partial charge >= 0.3 is 0 Å². The SMILES string of the molecule is CC(C(=O)N(C)CC(=O)NCc1ccc(CN2CCOCC2)cc1)n1cccn1. The predicted octanol–water partition coefficient (Wildman–Crippen LogP) is 1.05. The second kappa shape index (κ2) is 10.2. The maximum absolute atomic E-state index is 12.4. The van der Waals surface area contributed by atoms with Gasteiger partial charge in [0.15, 0.2) is 0 Å². The standard InChI is InChI=1S/C21H29N5O3/c1-17(26-9-3-8-23-26)21(28)24(2)16-20(27)22-14-18-4-6-19(7-5-18)15-25-10-12-29-13-11-25/h3-9,17H,10-16H2,1-2H3,(H,22,27). The van der Waals surface area contributed by atoms with Gasteiger partial charge < -0.3 is 15.0 Å². The molecule has 1 atom stereocenters. The molecule has 0 saturated carbocycles. The van der Waals surface area contributed by atoms with Gasteiger partial charge in [-0.15, -0.1) is 0 Å². The zero-order valence-electron chi connectivity index (χ0n) is 17.1. The first-order valence-electron chi connectivity index (χ1n) is 9.91. The third-order valence-corrected chi connectivity index (χ3v) is 5.06. The lowest BCUT2D eigenvalue weighted by atomic mass is 10.1. The predicted molar refractivity (Wildman–Crippen MR) is 109 cm³/mol. The molecular weight excluding hydrogens is 370 g/mol. The van der Waals surface area contributed by atoms with Gasteiger partial charge in [0.2, 0.25) is 11.8 Å². The smallest absolute Gasteiger partial charge is 0.247 e. The van der Waals surface area contributed by atoms with Crippen LogP contribution < -0.4 is 5.32 Å². The fraction of sp³-hybridized carbons (Fsp3) is 0.476. The van der Waals surface area contributed by atoms with E-state index >= 15 is 0 Å². The highest BCUT2D eigenvalue weighted by Gasteiger charge is 2.21. The van der Waals surface area contributed by atoms with Gasteiger partial charge in [-0.3, -0.25) is 19.2 Å². The van der Waals surface area contributed by atoms with Crippen LogP contribution in [0, 0.1) is 0 Å². The number of nitrogens with one attached hydrogen (secondary N) is 1. The molecule has 1 aromatic heterocycles. The van der Waals surface area contributed by atoms with Crippen LogP contribution in [-0.4, -0.2) is 71.3 Å². The number of ether oxygens (including phenoxy) is 1. The number of carbonyl (C=O) groups is 2. The summed E-state index contributed by atoms with van der Waals surface area (Å²) in [5.41, 5.74) is 2.28. The van der Waals surface area contributed by atoms with Crippen molar-refractivity contribution in [3.63, 3.8) is 0 Å². The first-order valence-corrected chi connectivity index (χ1v) is 9.91. The maximum atomic E-state index is 12.4. The number of morpholine rings is 1. The molecule has 2 aromatic rings. The number of amides is 2. The summed E-state index contributed by atoms with van der Waals surface area (Å²) in [6.07, 6.45) is 3.36. The molecule has 1 N–H and O–H groups in total. The average molecular weight is 399 g/mol.